The summed E-state index contributed by atoms with van der Waals surface area (Å²) >= 11 is 2.91. The number of carbonyl (C=O) groups is 1. The molecule has 0 aromatic carbocycles. The molecule has 0 fully saturated rings. The molecule has 0 spiro atoms. The minimum Gasteiger partial charge on any atom is -0.462 e. The van der Waals surface area contributed by atoms with Crippen LogP contribution in [-0.2, 0) is 4.74 Å². The molecule has 8 heteroatoms. The molecular formula is C13H12N4O2S2. The van der Waals surface area contributed by atoms with Gasteiger partial charge >= 0.3 is 5.97 Å². The van der Waals surface area contributed by atoms with Gasteiger partial charge in [-0.05, 0) is 13.8 Å². The summed E-state index contributed by atoms with van der Waals surface area (Å²) in [5, 5.41) is 6.30. The van der Waals surface area contributed by atoms with Gasteiger partial charge in [-0.2, -0.15) is 0 Å². The lowest BCUT2D eigenvalue weighted by Gasteiger charge is -2.05. The van der Waals surface area contributed by atoms with Crippen molar-refractivity contribution in [2.24, 2.45) is 0 Å². The quantitative estimate of drug-likeness (QED) is 0.743. The molecule has 21 heavy (non-hydrogen) atoms. The molecule has 0 saturated carbocycles. The number of hydrogen-bond acceptors (Lipinski definition) is 8. The third-order valence-electron chi connectivity index (χ3n) is 2.71. The zero-order valence-corrected chi connectivity index (χ0v) is 13.0. The van der Waals surface area contributed by atoms with E-state index in [4.69, 9.17) is 4.74 Å². The van der Waals surface area contributed by atoms with Crippen LogP contribution in [0.3, 0.4) is 0 Å². The Hall–Kier alpha value is -2.06. The maximum absolute atomic E-state index is 12.0. The number of thiophene rings is 1. The summed E-state index contributed by atoms with van der Waals surface area (Å²) in [6.45, 7) is 4.09. The van der Waals surface area contributed by atoms with Gasteiger partial charge in [-0.25, -0.2) is 19.7 Å². The van der Waals surface area contributed by atoms with Crippen LogP contribution in [0.5, 0.6) is 0 Å². The maximum Gasteiger partial charge on any atom is 0.339 e. The Balaban J connectivity index is 2.05. The van der Waals surface area contributed by atoms with Crippen molar-refractivity contribution >= 4 is 49.8 Å². The van der Waals surface area contributed by atoms with Gasteiger partial charge in [0.25, 0.3) is 0 Å². The molecule has 3 aromatic heterocycles. The van der Waals surface area contributed by atoms with Crippen molar-refractivity contribution in [3.63, 3.8) is 0 Å². The highest BCUT2D eigenvalue weighted by atomic mass is 32.1. The van der Waals surface area contributed by atoms with Crippen molar-refractivity contribution in [2.75, 3.05) is 11.9 Å². The minimum absolute atomic E-state index is 0.332. The fourth-order valence-electron chi connectivity index (χ4n) is 1.84. The minimum atomic E-state index is -0.364. The highest BCUT2D eigenvalue weighted by molar-refractivity contribution is 7.17. The number of aromatic nitrogens is 3. The number of esters is 1. The molecule has 0 radical (unpaired) electrons. The number of hydrogen-bond donors (Lipinski definition) is 1. The molecule has 0 unspecified atom stereocenters. The van der Waals surface area contributed by atoms with E-state index in [2.05, 4.69) is 20.3 Å². The first-order valence-electron chi connectivity index (χ1n) is 6.27. The number of carbonyl (C=O) groups excluding carboxylic acids is 1. The maximum atomic E-state index is 12.0. The van der Waals surface area contributed by atoms with E-state index in [0.29, 0.717) is 23.4 Å². The van der Waals surface area contributed by atoms with Crippen LogP contribution < -0.4 is 5.32 Å². The van der Waals surface area contributed by atoms with Gasteiger partial charge < -0.3 is 10.1 Å². The van der Waals surface area contributed by atoms with Crippen LogP contribution in [0.15, 0.2) is 17.9 Å². The number of anilines is 2. The number of fused-ring (bicyclic) bond motifs is 1. The first kappa shape index (κ1) is 13.9. The lowest BCUT2D eigenvalue weighted by Crippen LogP contribution is -2.05. The monoisotopic (exact) mass is 320 g/mol. The zero-order chi connectivity index (χ0) is 14.8. The first-order valence-corrected chi connectivity index (χ1v) is 7.97. The van der Waals surface area contributed by atoms with Crippen LogP contribution in [0, 0.1) is 6.92 Å². The van der Waals surface area contributed by atoms with E-state index in [1.165, 1.54) is 29.0 Å². The van der Waals surface area contributed by atoms with E-state index in [9.17, 15) is 4.79 Å². The Bertz CT molecular complexity index is 796. The predicted octanol–water partition coefficient (Wildman–Crippen LogP) is 3.38. The van der Waals surface area contributed by atoms with E-state index in [1.54, 1.807) is 18.5 Å². The van der Waals surface area contributed by atoms with E-state index in [0.717, 1.165) is 14.8 Å². The van der Waals surface area contributed by atoms with Crippen molar-refractivity contribution in [3.05, 3.63) is 28.3 Å². The standard InChI is InChI=1S/C13H12N4O2S2/c1-3-19-12(18)8-5-20-11-9(8)10(15-6-16-11)17-13-14-4-7(2)21-13/h4-6H,3H2,1-2H3,(H,14,15,16,17). The molecule has 0 saturated heterocycles. The number of nitrogens with one attached hydrogen (secondary N) is 1. The Kier molecular flexibility index (Phi) is 3.80. The fraction of sp³-hybridized carbons (Fsp3) is 0.231. The molecule has 3 rings (SSSR count). The van der Waals surface area contributed by atoms with Crippen molar-refractivity contribution in [3.8, 4) is 0 Å². The Morgan fingerprint density at radius 1 is 1.38 bits per heavy atom. The summed E-state index contributed by atoms with van der Waals surface area (Å²) in [5.74, 6) is 0.204. The summed E-state index contributed by atoms with van der Waals surface area (Å²) < 4.78 is 5.08. The molecule has 0 bridgehead atoms. The second-order valence-corrected chi connectivity index (χ2v) is 6.27. The Morgan fingerprint density at radius 3 is 2.95 bits per heavy atom. The topological polar surface area (TPSA) is 77.0 Å². The highest BCUT2D eigenvalue weighted by Crippen LogP contribution is 2.32. The lowest BCUT2D eigenvalue weighted by atomic mass is 10.2. The average molecular weight is 320 g/mol. The van der Waals surface area contributed by atoms with Gasteiger partial charge in [0, 0.05) is 16.5 Å². The summed E-state index contributed by atoms with van der Waals surface area (Å²) in [7, 11) is 0. The average Bonchev–Trinajstić information content (AvgIpc) is 3.06. The van der Waals surface area contributed by atoms with Gasteiger partial charge in [0.1, 0.15) is 17.0 Å². The third kappa shape index (κ3) is 2.72. The molecular weight excluding hydrogens is 308 g/mol. The van der Waals surface area contributed by atoms with Crippen LogP contribution in [0.25, 0.3) is 10.2 Å². The van der Waals surface area contributed by atoms with Crippen molar-refractivity contribution in [2.45, 2.75) is 13.8 Å². The molecule has 0 amide bonds. The van der Waals surface area contributed by atoms with Crippen LogP contribution in [0.1, 0.15) is 22.2 Å². The number of rotatable bonds is 4. The normalized spacial score (nSPS) is 10.8. The van der Waals surface area contributed by atoms with Crippen LogP contribution in [0.4, 0.5) is 10.9 Å². The second kappa shape index (κ2) is 5.74. The fourth-order valence-corrected chi connectivity index (χ4v) is 3.38. The molecule has 0 atom stereocenters. The van der Waals surface area contributed by atoms with Gasteiger partial charge in [0.2, 0.25) is 0 Å². The zero-order valence-electron chi connectivity index (χ0n) is 11.4. The van der Waals surface area contributed by atoms with E-state index < -0.39 is 0 Å². The molecule has 6 nitrogen and oxygen atoms in total. The Labute approximate surface area is 128 Å². The summed E-state index contributed by atoms with van der Waals surface area (Å²) in [6, 6.07) is 0. The Morgan fingerprint density at radius 2 is 2.24 bits per heavy atom. The van der Waals surface area contributed by atoms with Crippen molar-refractivity contribution in [1.82, 2.24) is 15.0 Å². The molecule has 3 aromatic rings. The molecule has 0 aliphatic carbocycles. The van der Waals surface area contributed by atoms with Gasteiger partial charge in [-0.1, -0.05) is 0 Å². The third-order valence-corrected chi connectivity index (χ3v) is 4.43. The largest absolute Gasteiger partial charge is 0.462 e. The van der Waals surface area contributed by atoms with E-state index in [1.807, 2.05) is 6.92 Å². The highest BCUT2D eigenvalue weighted by Gasteiger charge is 2.18. The molecule has 108 valence electrons. The second-order valence-electron chi connectivity index (χ2n) is 4.17. The summed E-state index contributed by atoms with van der Waals surface area (Å²) in [5.41, 5.74) is 0.480. The first-order chi connectivity index (χ1) is 10.2. The predicted molar refractivity (Wildman–Crippen MR) is 83.5 cm³/mol. The van der Waals surface area contributed by atoms with Crippen molar-refractivity contribution < 1.29 is 9.53 Å². The summed E-state index contributed by atoms with van der Waals surface area (Å²) in [6.07, 6.45) is 3.25. The van der Waals surface area contributed by atoms with Crippen LogP contribution >= 0.6 is 22.7 Å². The van der Waals surface area contributed by atoms with Gasteiger partial charge in [0.05, 0.1) is 17.6 Å². The van der Waals surface area contributed by atoms with Gasteiger partial charge in [0.15, 0.2) is 5.13 Å². The van der Waals surface area contributed by atoms with Crippen molar-refractivity contribution in [1.29, 1.82) is 0 Å². The van der Waals surface area contributed by atoms with Crippen LogP contribution in [-0.4, -0.2) is 27.5 Å². The van der Waals surface area contributed by atoms with Gasteiger partial charge in [-0.15, -0.1) is 22.7 Å². The molecule has 1 N–H and O–H groups in total. The van der Waals surface area contributed by atoms with Crippen LogP contribution in [0.2, 0.25) is 0 Å². The van der Waals surface area contributed by atoms with E-state index >= 15 is 0 Å². The number of thiazole rings is 1. The SMILES string of the molecule is CCOC(=O)c1csc2ncnc(Nc3ncc(C)s3)c12. The summed E-state index contributed by atoms with van der Waals surface area (Å²) in [4.78, 5) is 26.5. The van der Waals surface area contributed by atoms with Gasteiger partial charge in [-0.3, -0.25) is 0 Å². The molecule has 0 aliphatic rings. The lowest BCUT2D eigenvalue weighted by molar-refractivity contribution is 0.0529. The van der Waals surface area contributed by atoms with E-state index in [-0.39, 0.29) is 5.97 Å². The smallest absolute Gasteiger partial charge is 0.339 e. The molecule has 3 heterocycles. The number of aryl methyl sites for hydroxylation is 1. The molecule has 0 aliphatic heterocycles. The number of nitrogens with zero attached hydrogens (tertiary/aromatic N) is 3. The number of ether oxygens (including phenoxy) is 1.